The molecule has 0 saturated carbocycles. The number of nitrogens with zero attached hydrogens (tertiary/aromatic N) is 4. The van der Waals surface area contributed by atoms with Crippen molar-refractivity contribution in [3.63, 3.8) is 0 Å². The minimum Gasteiger partial charge on any atom is -0.376 e. The number of carbonyl (C=O) groups is 1. The van der Waals surface area contributed by atoms with Gasteiger partial charge in [-0.25, -0.2) is 9.97 Å². The molecule has 5 rings (SSSR count). The molecule has 140 valence electrons. The number of likely N-dealkylation sites (tertiary alicyclic amines) is 1. The van der Waals surface area contributed by atoms with Crippen LogP contribution in [0.2, 0.25) is 0 Å². The Balaban J connectivity index is 1.48. The molecule has 6 nitrogen and oxygen atoms in total. The molecule has 4 heterocycles. The first kappa shape index (κ1) is 17.0. The van der Waals surface area contributed by atoms with Gasteiger partial charge in [-0.1, -0.05) is 30.3 Å². The van der Waals surface area contributed by atoms with E-state index in [1.165, 1.54) is 0 Å². The smallest absolute Gasteiger partial charge is 0.255 e. The summed E-state index contributed by atoms with van der Waals surface area (Å²) in [6.07, 6.45) is 6.00. The maximum Gasteiger partial charge on any atom is 0.255 e. The van der Waals surface area contributed by atoms with Crippen molar-refractivity contribution in [3.8, 4) is 11.4 Å². The van der Waals surface area contributed by atoms with Gasteiger partial charge in [0.25, 0.3) is 5.91 Å². The number of aromatic nitrogens is 3. The first-order valence-electron chi connectivity index (χ1n) is 9.44. The van der Waals surface area contributed by atoms with Crippen LogP contribution in [0.15, 0.2) is 61.1 Å². The van der Waals surface area contributed by atoms with E-state index in [4.69, 9.17) is 9.72 Å². The molecule has 6 heteroatoms. The highest BCUT2D eigenvalue weighted by atomic mass is 16.5. The van der Waals surface area contributed by atoms with Gasteiger partial charge in [0.15, 0.2) is 5.82 Å². The van der Waals surface area contributed by atoms with Crippen LogP contribution in [-0.2, 0) is 16.8 Å². The Morgan fingerprint density at radius 3 is 2.82 bits per heavy atom. The van der Waals surface area contributed by atoms with E-state index in [1.54, 1.807) is 24.5 Å². The largest absolute Gasteiger partial charge is 0.376 e. The number of rotatable bonds is 2. The number of amides is 1. The fourth-order valence-corrected chi connectivity index (χ4v) is 4.15. The van der Waals surface area contributed by atoms with E-state index in [1.807, 2.05) is 41.4 Å². The van der Waals surface area contributed by atoms with E-state index in [9.17, 15) is 4.79 Å². The van der Waals surface area contributed by atoms with Gasteiger partial charge >= 0.3 is 0 Å². The van der Waals surface area contributed by atoms with Crippen molar-refractivity contribution in [1.29, 1.82) is 0 Å². The predicted octanol–water partition coefficient (Wildman–Crippen LogP) is 2.85. The molecule has 1 unspecified atom stereocenters. The molecule has 1 spiro atoms. The first-order chi connectivity index (χ1) is 13.8. The summed E-state index contributed by atoms with van der Waals surface area (Å²) in [6.45, 7) is 2.37. The van der Waals surface area contributed by atoms with Crippen LogP contribution in [0.5, 0.6) is 0 Å². The van der Waals surface area contributed by atoms with Gasteiger partial charge < -0.3 is 9.64 Å². The predicted molar refractivity (Wildman–Crippen MR) is 104 cm³/mol. The maximum atomic E-state index is 12.9. The second-order valence-corrected chi connectivity index (χ2v) is 7.43. The zero-order valence-electron chi connectivity index (χ0n) is 15.4. The van der Waals surface area contributed by atoms with Crippen LogP contribution in [0.25, 0.3) is 11.4 Å². The normalized spacial score (nSPS) is 20.9. The van der Waals surface area contributed by atoms with Gasteiger partial charge in [-0.3, -0.25) is 9.78 Å². The topological polar surface area (TPSA) is 68.2 Å². The highest BCUT2D eigenvalue weighted by Crippen LogP contribution is 2.40. The molecule has 3 aromatic rings. The monoisotopic (exact) mass is 372 g/mol. The number of carbonyl (C=O) groups excluding carboxylic acids is 1. The molecule has 2 aliphatic heterocycles. The van der Waals surface area contributed by atoms with Crippen molar-refractivity contribution >= 4 is 5.91 Å². The summed E-state index contributed by atoms with van der Waals surface area (Å²) < 4.78 is 5.88. The van der Waals surface area contributed by atoms with Crippen LogP contribution < -0.4 is 0 Å². The fraction of sp³-hybridized carbons (Fsp3) is 0.273. The number of benzene rings is 1. The minimum atomic E-state index is -0.280. The standard InChI is InChI=1S/C22H20N4O2/c27-21(17-7-4-9-23-11-17)26-10-8-22(14-26)15-28-13-18-12-24-20(25-19(18)22)16-5-2-1-3-6-16/h1-7,9,11-12H,8,10,13-15H2. The van der Waals surface area contributed by atoms with Crippen molar-refractivity contribution in [3.05, 3.63) is 77.9 Å². The lowest BCUT2D eigenvalue weighted by molar-refractivity contribution is 0.0485. The Morgan fingerprint density at radius 1 is 1.11 bits per heavy atom. The second-order valence-electron chi connectivity index (χ2n) is 7.43. The van der Waals surface area contributed by atoms with Crippen LogP contribution >= 0.6 is 0 Å². The number of pyridine rings is 1. The van der Waals surface area contributed by atoms with Crippen molar-refractivity contribution in [2.75, 3.05) is 19.7 Å². The molecule has 28 heavy (non-hydrogen) atoms. The van der Waals surface area contributed by atoms with Gasteiger partial charge in [0.05, 0.1) is 29.9 Å². The van der Waals surface area contributed by atoms with Gasteiger partial charge in [-0.2, -0.15) is 0 Å². The van der Waals surface area contributed by atoms with E-state index >= 15 is 0 Å². The molecule has 1 atom stereocenters. The molecule has 0 aliphatic carbocycles. The lowest BCUT2D eigenvalue weighted by Gasteiger charge is -2.34. The summed E-state index contributed by atoms with van der Waals surface area (Å²) >= 11 is 0. The Labute approximate surface area is 163 Å². The molecule has 2 aromatic heterocycles. The summed E-state index contributed by atoms with van der Waals surface area (Å²) in [5.74, 6) is 0.729. The molecule has 1 saturated heterocycles. The van der Waals surface area contributed by atoms with E-state index in [2.05, 4.69) is 9.97 Å². The third kappa shape index (κ3) is 2.86. The lowest BCUT2D eigenvalue weighted by Crippen LogP contribution is -2.41. The average Bonchev–Trinajstić information content (AvgIpc) is 3.19. The summed E-state index contributed by atoms with van der Waals surface area (Å²) in [5.41, 5.74) is 3.37. The molecule has 0 bridgehead atoms. The second kappa shape index (κ2) is 6.80. The van der Waals surface area contributed by atoms with E-state index in [0.717, 1.165) is 29.1 Å². The molecule has 1 amide bonds. The number of fused-ring (bicyclic) bond motifs is 2. The van der Waals surface area contributed by atoms with Crippen LogP contribution in [0.1, 0.15) is 28.0 Å². The lowest BCUT2D eigenvalue weighted by atomic mass is 9.80. The Kier molecular flexibility index (Phi) is 4.13. The van der Waals surface area contributed by atoms with Crippen molar-refractivity contribution in [2.24, 2.45) is 0 Å². The summed E-state index contributed by atoms with van der Waals surface area (Å²) in [4.78, 5) is 28.3. The highest BCUT2D eigenvalue weighted by Gasteiger charge is 2.46. The maximum absolute atomic E-state index is 12.9. The molecule has 0 radical (unpaired) electrons. The van der Waals surface area contributed by atoms with Crippen LogP contribution in [0.4, 0.5) is 0 Å². The van der Waals surface area contributed by atoms with E-state index in [0.29, 0.717) is 31.9 Å². The van der Waals surface area contributed by atoms with Gasteiger partial charge in [0.1, 0.15) is 0 Å². The number of ether oxygens (including phenoxy) is 1. The Hall–Kier alpha value is -3.12. The summed E-state index contributed by atoms with van der Waals surface area (Å²) in [7, 11) is 0. The molecule has 0 N–H and O–H groups in total. The van der Waals surface area contributed by atoms with Gasteiger partial charge in [0.2, 0.25) is 0 Å². The van der Waals surface area contributed by atoms with Crippen molar-refractivity contribution in [2.45, 2.75) is 18.4 Å². The quantitative estimate of drug-likeness (QED) is 0.692. The number of hydrogen-bond donors (Lipinski definition) is 0. The highest BCUT2D eigenvalue weighted by molar-refractivity contribution is 5.94. The van der Waals surface area contributed by atoms with Gasteiger partial charge in [-0.15, -0.1) is 0 Å². The molecule has 1 aromatic carbocycles. The average molecular weight is 372 g/mol. The van der Waals surface area contributed by atoms with Crippen LogP contribution in [0, 0.1) is 0 Å². The van der Waals surface area contributed by atoms with Gasteiger partial charge in [-0.05, 0) is 18.6 Å². The van der Waals surface area contributed by atoms with Crippen LogP contribution in [0.3, 0.4) is 0 Å². The van der Waals surface area contributed by atoms with Gasteiger partial charge in [0, 0.05) is 42.8 Å². The zero-order valence-corrected chi connectivity index (χ0v) is 15.4. The zero-order chi connectivity index (χ0) is 19.0. The third-order valence-electron chi connectivity index (χ3n) is 5.58. The van der Waals surface area contributed by atoms with E-state index in [-0.39, 0.29) is 11.3 Å². The third-order valence-corrected chi connectivity index (χ3v) is 5.58. The molecule has 2 aliphatic rings. The first-order valence-corrected chi connectivity index (χ1v) is 9.44. The van der Waals surface area contributed by atoms with Crippen molar-refractivity contribution in [1.82, 2.24) is 19.9 Å². The fourth-order valence-electron chi connectivity index (χ4n) is 4.15. The van der Waals surface area contributed by atoms with Crippen molar-refractivity contribution < 1.29 is 9.53 Å². The van der Waals surface area contributed by atoms with Crippen LogP contribution in [-0.4, -0.2) is 45.5 Å². The molecular weight excluding hydrogens is 352 g/mol. The SMILES string of the molecule is O=C(c1cccnc1)N1CCC2(COCc3cnc(-c4ccccc4)nc32)C1. The minimum absolute atomic E-state index is 0.00874. The summed E-state index contributed by atoms with van der Waals surface area (Å²) in [6, 6.07) is 13.6. The summed E-state index contributed by atoms with van der Waals surface area (Å²) in [5, 5.41) is 0. The number of hydrogen-bond acceptors (Lipinski definition) is 5. The molecule has 1 fully saturated rings. The Morgan fingerprint density at radius 2 is 2.00 bits per heavy atom. The Bertz CT molecular complexity index is 1010. The molecular formula is C22H20N4O2. The van der Waals surface area contributed by atoms with E-state index < -0.39 is 0 Å².